The number of carbonyl (C=O) groups excluding carboxylic acids is 1. The van der Waals surface area contributed by atoms with Crippen molar-refractivity contribution in [3.63, 3.8) is 0 Å². The van der Waals surface area contributed by atoms with Crippen molar-refractivity contribution in [2.75, 3.05) is 13.1 Å². The number of carbonyl (C=O) groups is 1. The second-order valence-electron chi connectivity index (χ2n) is 6.12. The number of rotatable bonds is 1. The Labute approximate surface area is 124 Å². The lowest BCUT2D eigenvalue weighted by atomic mass is 10.1. The summed E-state index contributed by atoms with van der Waals surface area (Å²) in [5.74, 6) is -0.0866. The van der Waals surface area contributed by atoms with Crippen LogP contribution in [0.3, 0.4) is 0 Å². The maximum atomic E-state index is 12.6. The molecule has 0 bridgehead atoms. The highest BCUT2D eigenvalue weighted by atomic mass is 16.5. The molecule has 0 N–H and O–H groups in total. The van der Waals surface area contributed by atoms with Crippen LogP contribution in [-0.2, 0) is 4.74 Å². The molecule has 3 rings (SSSR count). The quantitative estimate of drug-likeness (QED) is 0.806. The van der Waals surface area contributed by atoms with Gasteiger partial charge in [0.15, 0.2) is 0 Å². The molecule has 5 heteroatoms. The summed E-state index contributed by atoms with van der Waals surface area (Å²) in [7, 11) is 0. The number of para-hydroxylation sites is 2. The van der Waals surface area contributed by atoms with Crippen molar-refractivity contribution in [2.45, 2.75) is 32.5 Å². The number of benzene rings is 1. The summed E-state index contributed by atoms with van der Waals surface area (Å²) in [6, 6.07) is 7.55. The highest BCUT2D eigenvalue weighted by molar-refractivity contribution is 5.93. The van der Waals surface area contributed by atoms with E-state index in [0.29, 0.717) is 18.8 Å². The Morgan fingerprint density at radius 2 is 2.05 bits per heavy atom. The molecule has 21 heavy (non-hydrogen) atoms. The van der Waals surface area contributed by atoms with E-state index in [-0.39, 0.29) is 17.6 Å². The van der Waals surface area contributed by atoms with Gasteiger partial charge in [0.05, 0.1) is 28.9 Å². The van der Waals surface area contributed by atoms with Crippen LogP contribution in [0.1, 0.15) is 31.3 Å². The summed E-state index contributed by atoms with van der Waals surface area (Å²) in [6.07, 6.45) is 1.57. The van der Waals surface area contributed by atoms with Crippen LogP contribution in [-0.4, -0.2) is 45.6 Å². The molecule has 0 spiro atoms. The summed E-state index contributed by atoms with van der Waals surface area (Å²) in [4.78, 5) is 23.2. The second-order valence-corrected chi connectivity index (χ2v) is 6.12. The number of hydrogen-bond donors (Lipinski definition) is 0. The van der Waals surface area contributed by atoms with Crippen molar-refractivity contribution in [1.82, 2.24) is 14.9 Å². The molecule has 1 aliphatic rings. The minimum Gasteiger partial charge on any atom is -0.369 e. The molecule has 2 heterocycles. The molecule has 5 nitrogen and oxygen atoms in total. The van der Waals surface area contributed by atoms with Gasteiger partial charge in [-0.25, -0.2) is 4.98 Å². The largest absolute Gasteiger partial charge is 0.369 e. The molecule has 1 unspecified atom stereocenters. The van der Waals surface area contributed by atoms with Crippen LogP contribution in [0.5, 0.6) is 0 Å². The molecule has 1 aliphatic heterocycles. The zero-order valence-corrected chi connectivity index (χ0v) is 12.5. The SMILES string of the molecule is CC1CN(C(=O)c2cnc3ccccc3n2)CC(C)(C)O1. The van der Waals surface area contributed by atoms with E-state index in [2.05, 4.69) is 9.97 Å². The van der Waals surface area contributed by atoms with E-state index in [4.69, 9.17) is 4.74 Å². The lowest BCUT2D eigenvalue weighted by Gasteiger charge is -2.41. The fourth-order valence-electron chi connectivity index (χ4n) is 2.83. The highest BCUT2D eigenvalue weighted by Gasteiger charge is 2.34. The van der Waals surface area contributed by atoms with Crippen LogP contribution >= 0.6 is 0 Å². The summed E-state index contributed by atoms with van der Waals surface area (Å²) in [6.45, 7) is 7.11. The Balaban J connectivity index is 1.89. The lowest BCUT2D eigenvalue weighted by Crippen LogP contribution is -2.53. The third kappa shape index (κ3) is 2.88. The molecule has 2 aromatic rings. The number of ether oxygens (including phenoxy) is 1. The molecule has 1 aromatic carbocycles. The van der Waals surface area contributed by atoms with Crippen LogP contribution in [0.25, 0.3) is 11.0 Å². The highest BCUT2D eigenvalue weighted by Crippen LogP contribution is 2.22. The smallest absolute Gasteiger partial charge is 0.274 e. The van der Waals surface area contributed by atoms with E-state index < -0.39 is 0 Å². The van der Waals surface area contributed by atoms with Gasteiger partial charge in [-0.05, 0) is 32.9 Å². The first-order valence-electron chi connectivity index (χ1n) is 7.13. The van der Waals surface area contributed by atoms with E-state index in [0.717, 1.165) is 11.0 Å². The molecule has 0 radical (unpaired) electrons. The van der Waals surface area contributed by atoms with Crippen molar-refractivity contribution in [1.29, 1.82) is 0 Å². The summed E-state index contributed by atoms with van der Waals surface area (Å²) < 4.78 is 5.83. The minimum atomic E-state index is -0.336. The Kier molecular flexibility index (Phi) is 3.37. The Morgan fingerprint density at radius 1 is 1.33 bits per heavy atom. The number of fused-ring (bicyclic) bond motifs is 1. The van der Waals surface area contributed by atoms with Crippen molar-refractivity contribution in [2.24, 2.45) is 0 Å². The van der Waals surface area contributed by atoms with Crippen LogP contribution < -0.4 is 0 Å². The van der Waals surface area contributed by atoms with Crippen molar-refractivity contribution >= 4 is 16.9 Å². The molecular weight excluding hydrogens is 266 g/mol. The van der Waals surface area contributed by atoms with Crippen LogP contribution in [0.15, 0.2) is 30.5 Å². The third-order valence-corrected chi connectivity index (χ3v) is 3.52. The lowest BCUT2D eigenvalue weighted by molar-refractivity contribution is -0.118. The number of morpholine rings is 1. The first-order chi connectivity index (χ1) is 9.94. The van der Waals surface area contributed by atoms with Crippen LogP contribution in [0, 0.1) is 0 Å². The van der Waals surface area contributed by atoms with E-state index in [1.54, 1.807) is 11.1 Å². The topological polar surface area (TPSA) is 55.3 Å². The molecule has 0 saturated carbocycles. The number of nitrogens with zero attached hydrogens (tertiary/aromatic N) is 3. The van der Waals surface area contributed by atoms with Crippen molar-refractivity contribution in [3.05, 3.63) is 36.2 Å². The molecule has 0 aliphatic carbocycles. The van der Waals surface area contributed by atoms with Gasteiger partial charge in [0.1, 0.15) is 5.69 Å². The van der Waals surface area contributed by atoms with Gasteiger partial charge in [-0.15, -0.1) is 0 Å². The number of aromatic nitrogens is 2. The van der Waals surface area contributed by atoms with E-state index in [1.165, 1.54) is 0 Å². The van der Waals surface area contributed by atoms with Crippen molar-refractivity contribution < 1.29 is 9.53 Å². The monoisotopic (exact) mass is 285 g/mol. The number of hydrogen-bond acceptors (Lipinski definition) is 4. The van der Waals surface area contributed by atoms with E-state index in [1.807, 2.05) is 45.0 Å². The Bertz CT molecular complexity index is 684. The molecule has 1 atom stereocenters. The normalized spacial score (nSPS) is 21.5. The van der Waals surface area contributed by atoms with Gasteiger partial charge in [-0.1, -0.05) is 12.1 Å². The number of amides is 1. The fraction of sp³-hybridized carbons (Fsp3) is 0.438. The predicted molar refractivity (Wildman–Crippen MR) is 80.1 cm³/mol. The van der Waals surface area contributed by atoms with Crippen molar-refractivity contribution in [3.8, 4) is 0 Å². The summed E-state index contributed by atoms with van der Waals surface area (Å²) in [5.41, 5.74) is 1.59. The van der Waals surface area contributed by atoms with Crippen LogP contribution in [0.2, 0.25) is 0 Å². The van der Waals surface area contributed by atoms with Gasteiger partial charge >= 0.3 is 0 Å². The van der Waals surface area contributed by atoms with Gasteiger partial charge in [-0.3, -0.25) is 9.78 Å². The Morgan fingerprint density at radius 3 is 2.76 bits per heavy atom. The molecular formula is C16H19N3O2. The average molecular weight is 285 g/mol. The summed E-state index contributed by atoms with van der Waals surface area (Å²) in [5, 5.41) is 0. The van der Waals surface area contributed by atoms with Gasteiger partial charge in [0.2, 0.25) is 0 Å². The average Bonchev–Trinajstić information content (AvgIpc) is 2.44. The first kappa shape index (κ1) is 13.9. The van der Waals surface area contributed by atoms with Gasteiger partial charge < -0.3 is 9.64 Å². The molecule has 110 valence electrons. The molecule has 1 saturated heterocycles. The van der Waals surface area contributed by atoms with Gasteiger partial charge in [0, 0.05) is 13.1 Å². The summed E-state index contributed by atoms with van der Waals surface area (Å²) >= 11 is 0. The molecule has 1 aromatic heterocycles. The van der Waals surface area contributed by atoms with E-state index >= 15 is 0 Å². The zero-order valence-electron chi connectivity index (χ0n) is 12.5. The minimum absolute atomic E-state index is 0.0196. The van der Waals surface area contributed by atoms with Gasteiger partial charge in [-0.2, -0.15) is 0 Å². The maximum absolute atomic E-state index is 12.6. The van der Waals surface area contributed by atoms with E-state index in [9.17, 15) is 4.79 Å². The fourth-order valence-corrected chi connectivity index (χ4v) is 2.83. The molecule has 1 amide bonds. The zero-order chi connectivity index (χ0) is 15.0. The standard InChI is InChI=1S/C16H19N3O2/c1-11-9-19(10-16(2,3)21-11)15(20)14-8-17-12-6-4-5-7-13(12)18-14/h4-8,11H,9-10H2,1-3H3. The second kappa shape index (κ2) is 5.07. The maximum Gasteiger partial charge on any atom is 0.274 e. The predicted octanol–water partition coefficient (Wildman–Crippen LogP) is 2.27. The Hall–Kier alpha value is -2.01. The third-order valence-electron chi connectivity index (χ3n) is 3.52. The molecule has 1 fully saturated rings. The van der Waals surface area contributed by atoms with Crippen LogP contribution in [0.4, 0.5) is 0 Å². The first-order valence-corrected chi connectivity index (χ1v) is 7.13. The van der Waals surface area contributed by atoms with Gasteiger partial charge in [0.25, 0.3) is 5.91 Å².